The third kappa shape index (κ3) is 1.28. The highest BCUT2D eigenvalue weighted by Crippen LogP contribution is 2.50. The molecule has 0 aromatic carbocycles. The van der Waals surface area contributed by atoms with Gasteiger partial charge in [0.1, 0.15) is 0 Å². The van der Waals surface area contributed by atoms with Crippen LogP contribution in [0.15, 0.2) is 0 Å². The third-order valence-corrected chi connectivity index (χ3v) is 3.61. The Morgan fingerprint density at radius 1 is 1.25 bits per heavy atom. The zero-order valence-electron chi connectivity index (χ0n) is 8.47. The van der Waals surface area contributed by atoms with Crippen LogP contribution >= 0.6 is 0 Å². The summed E-state index contributed by atoms with van der Waals surface area (Å²) in [7, 11) is 0. The largest absolute Gasteiger partial charge is 0.378 e. The van der Waals surface area contributed by atoms with E-state index in [0.29, 0.717) is 11.5 Å². The molecule has 1 aliphatic heterocycles. The molecule has 1 saturated carbocycles. The fraction of sp³-hybridized carbons (Fsp3) is 1.00. The molecule has 0 spiro atoms. The van der Waals surface area contributed by atoms with Gasteiger partial charge in [-0.25, -0.2) is 0 Å². The van der Waals surface area contributed by atoms with Crippen molar-refractivity contribution >= 4 is 0 Å². The van der Waals surface area contributed by atoms with E-state index in [4.69, 9.17) is 4.74 Å². The molecule has 1 aliphatic carbocycles. The lowest BCUT2D eigenvalue weighted by Crippen LogP contribution is -2.51. The fourth-order valence-electron chi connectivity index (χ4n) is 2.79. The predicted octanol–water partition coefficient (Wildman–Crippen LogP) is 2.85. The minimum Gasteiger partial charge on any atom is -0.378 e. The summed E-state index contributed by atoms with van der Waals surface area (Å²) in [5.41, 5.74) is 0.502. The molecule has 0 bridgehead atoms. The van der Waals surface area contributed by atoms with Gasteiger partial charge in [-0.15, -0.1) is 0 Å². The lowest BCUT2D eigenvalue weighted by molar-refractivity contribution is -0.149. The number of hydrogen-bond acceptors (Lipinski definition) is 1. The molecule has 70 valence electrons. The molecule has 2 aliphatic rings. The molecule has 0 amide bonds. The van der Waals surface area contributed by atoms with E-state index in [0.717, 1.165) is 18.4 Å². The van der Waals surface area contributed by atoms with Crippen LogP contribution < -0.4 is 0 Å². The fourth-order valence-corrected chi connectivity index (χ4v) is 2.79. The van der Waals surface area contributed by atoms with Crippen molar-refractivity contribution in [2.45, 2.75) is 46.1 Å². The molecule has 1 nitrogen and oxygen atoms in total. The SMILES string of the molecule is CC(C)(C)C1CC2OCCCC21. The van der Waals surface area contributed by atoms with Gasteiger partial charge < -0.3 is 4.74 Å². The van der Waals surface area contributed by atoms with E-state index in [1.54, 1.807) is 0 Å². The van der Waals surface area contributed by atoms with E-state index < -0.39 is 0 Å². The Kier molecular flexibility index (Phi) is 1.95. The van der Waals surface area contributed by atoms with Crippen LogP contribution in [0.5, 0.6) is 0 Å². The average molecular weight is 168 g/mol. The van der Waals surface area contributed by atoms with Crippen molar-refractivity contribution in [2.24, 2.45) is 17.3 Å². The van der Waals surface area contributed by atoms with Gasteiger partial charge in [0.25, 0.3) is 0 Å². The van der Waals surface area contributed by atoms with Crippen LogP contribution in [0.2, 0.25) is 0 Å². The second-order valence-electron chi connectivity index (χ2n) is 5.42. The molecule has 0 aromatic rings. The topological polar surface area (TPSA) is 9.23 Å². The molecule has 1 heteroatoms. The quantitative estimate of drug-likeness (QED) is 0.540. The van der Waals surface area contributed by atoms with Crippen LogP contribution in [-0.4, -0.2) is 12.7 Å². The summed E-state index contributed by atoms with van der Waals surface area (Å²) in [5.74, 6) is 1.81. The number of hydrogen-bond donors (Lipinski definition) is 0. The van der Waals surface area contributed by atoms with Gasteiger partial charge in [-0.1, -0.05) is 20.8 Å². The van der Waals surface area contributed by atoms with Crippen molar-refractivity contribution in [3.63, 3.8) is 0 Å². The molecule has 0 radical (unpaired) electrons. The van der Waals surface area contributed by atoms with Crippen molar-refractivity contribution in [3.8, 4) is 0 Å². The maximum atomic E-state index is 5.70. The standard InChI is InChI=1S/C11H20O/c1-11(2,3)9-7-10-8(9)5-4-6-12-10/h8-10H,4-7H2,1-3H3. The van der Waals surface area contributed by atoms with Crippen molar-refractivity contribution in [3.05, 3.63) is 0 Å². The Bertz CT molecular complexity index is 168. The van der Waals surface area contributed by atoms with E-state index >= 15 is 0 Å². The molecule has 1 saturated heterocycles. The van der Waals surface area contributed by atoms with Crippen LogP contribution in [0.4, 0.5) is 0 Å². The van der Waals surface area contributed by atoms with E-state index in [2.05, 4.69) is 20.8 Å². The van der Waals surface area contributed by atoms with Gasteiger partial charge in [-0.05, 0) is 36.5 Å². The van der Waals surface area contributed by atoms with Crippen molar-refractivity contribution < 1.29 is 4.74 Å². The van der Waals surface area contributed by atoms with Gasteiger partial charge >= 0.3 is 0 Å². The zero-order chi connectivity index (χ0) is 8.77. The highest BCUT2D eigenvalue weighted by Gasteiger charge is 2.47. The molecular weight excluding hydrogens is 148 g/mol. The summed E-state index contributed by atoms with van der Waals surface area (Å²) in [4.78, 5) is 0. The highest BCUT2D eigenvalue weighted by atomic mass is 16.5. The Morgan fingerprint density at radius 2 is 2.00 bits per heavy atom. The summed E-state index contributed by atoms with van der Waals surface area (Å²) >= 11 is 0. The van der Waals surface area contributed by atoms with Gasteiger partial charge in [0.15, 0.2) is 0 Å². The third-order valence-electron chi connectivity index (χ3n) is 3.61. The first-order valence-electron chi connectivity index (χ1n) is 5.20. The summed E-state index contributed by atoms with van der Waals surface area (Å²) in [5, 5.41) is 0. The predicted molar refractivity (Wildman–Crippen MR) is 50.0 cm³/mol. The molecule has 12 heavy (non-hydrogen) atoms. The Hall–Kier alpha value is -0.0400. The lowest BCUT2D eigenvalue weighted by atomic mass is 9.58. The van der Waals surface area contributed by atoms with Crippen LogP contribution in [0, 0.1) is 17.3 Å². The first-order valence-corrected chi connectivity index (χ1v) is 5.20. The molecular formula is C11H20O. The van der Waals surface area contributed by atoms with Crippen LogP contribution in [-0.2, 0) is 4.74 Å². The Morgan fingerprint density at radius 3 is 2.58 bits per heavy atom. The first kappa shape index (κ1) is 8.55. The monoisotopic (exact) mass is 168 g/mol. The van der Waals surface area contributed by atoms with Crippen molar-refractivity contribution in [2.75, 3.05) is 6.61 Å². The molecule has 0 N–H and O–H groups in total. The minimum atomic E-state index is 0.502. The smallest absolute Gasteiger partial charge is 0.0609 e. The summed E-state index contributed by atoms with van der Waals surface area (Å²) in [6, 6.07) is 0. The van der Waals surface area contributed by atoms with E-state index in [1.165, 1.54) is 19.3 Å². The molecule has 0 aromatic heterocycles. The second-order valence-corrected chi connectivity index (χ2v) is 5.42. The van der Waals surface area contributed by atoms with Gasteiger partial charge in [0.2, 0.25) is 0 Å². The molecule has 3 unspecified atom stereocenters. The number of ether oxygens (including phenoxy) is 1. The lowest BCUT2D eigenvalue weighted by Gasteiger charge is -2.53. The van der Waals surface area contributed by atoms with Gasteiger partial charge in [0, 0.05) is 6.61 Å². The molecule has 3 atom stereocenters. The van der Waals surface area contributed by atoms with E-state index in [-0.39, 0.29) is 0 Å². The maximum absolute atomic E-state index is 5.70. The number of rotatable bonds is 0. The molecule has 2 rings (SSSR count). The van der Waals surface area contributed by atoms with Crippen LogP contribution in [0.1, 0.15) is 40.0 Å². The average Bonchev–Trinajstić information content (AvgIpc) is 1.88. The highest BCUT2D eigenvalue weighted by molar-refractivity contribution is 4.97. The zero-order valence-corrected chi connectivity index (χ0v) is 8.47. The molecule has 2 fully saturated rings. The van der Waals surface area contributed by atoms with E-state index in [9.17, 15) is 0 Å². The summed E-state index contributed by atoms with van der Waals surface area (Å²) < 4.78 is 5.70. The summed E-state index contributed by atoms with van der Waals surface area (Å²) in [6.07, 6.45) is 4.64. The van der Waals surface area contributed by atoms with E-state index in [1.807, 2.05) is 0 Å². The summed E-state index contributed by atoms with van der Waals surface area (Å²) in [6.45, 7) is 8.10. The van der Waals surface area contributed by atoms with Gasteiger partial charge in [-0.2, -0.15) is 0 Å². The van der Waals surface area contributed by atoms with Crippen molar-refractivity contribution in [1.82, 2.24) is 0 Å². The van der Waals surface area contributed by atoms with Crippen molar-refractivity contribution in [1.29, 1.82) is 0 Å². The second kappa shape index (κ2) is 2.73. The van der Waals surface area contributed by atoms with Gasteiger partial charge in [0.05, 0.1) is 6.10 Å². The Balaban J connectivity index is 1.97. The van der Waals surface area contributed by atoms with Crippen LogP contribution in [0.3, 0.4) is 0 Å². The van der Waals surface area contributed by atoms with Crippen LogP contribution in [0.25, 0.3) is 0 Å². The maximum Gasteiger partial charge on any atom is 0.0609 e. The molecule has 1 heterocycles. The normalized spacial score (nSPS) is 41.8. The minimum absolute atomic E-state index is 0.502. The Labute approximate surface area is 75.5 Å². The first-order chi connectivity index (χ1) is 5.59. The number of fused-ring (bicyclic) bond motifs is 1. The van der Waals surface area contributed by atoms with Gasteiger partial charge in [-0.3, -0.25) is 0 Å².